The Labute approximate surface area is 179 Å². The van der Waals surface area contributed by atoms with E-state index in [2.05, 4.69) is 16.2 Å². The number of hydrogen-bond acceptors (Lipinski definition) is 9. The van der Waals surface area contributed by atoms with Gasteiger partial charge in [0.25, 0.3) is 0 Å². The second-order valence-electron chi connectivity index (χ2n) is 8.80. The third kappa shape index (κ3) is 3.15. The predicted octanol–water partition coefficient (Wildman–Crippen LogP) is 1.68. The maximum atomic E-state index is 12.4. The van der Waals surface area contributed by atoms with Gasteiger partial charge < -0.3 is 24.7 Å². The van der Waals surface area contributed by atoms with Gasteiger partial charge in [-0.2, -0.15) is 10.4 Å². The highest BCUT2D eigenvalue weighted by atomic mass is 16.8. The molecule has 1 saturated carbocycles. The summed E-state index contributed by atoms with van der Waals surface area (Å²) in [5, 5.41) is 14.6. The van der Waals surface area contributed by atoms with Crippen molar-refractivity contribution in [1.29, 1.82) is 5.26 Å². The monoisotopic (exact) mass is 427 g/mol. The van der Waals surface area contributed by atoms with Gasteiger partial charge in [-0.3, -0.25) is 4.79 Å². The summed E-state index contributed by atoms with van der Waals surface area (Å²) in [6.07, 6.45) is 3.11. The Bertz CT molecular complexity index is 1060. The Kier molecular flexibility index (Phi) is 4.66. The number of ether oxygens (including phenoxy) is 4. The van der Waals surface area contributed by atoms with Crippen LogP contribution in [0.3, 0.4) is 0 Å². The van der Waals surface area contributed by atoms with E-state index in [0.717, 1.165) is 25.7 Å². The largest absolute Gasteiger partial charge is 0.463 e. The number of fused-ring (bicyclic) bond motifs is 2. The lowest BCUT2D eigenvalue weighted by Crippen LogP contribution is -2.40. The summed E-state index contributed by atoms with van der Waals surface area (Å²) in [7, 11) is 0. The first-order chi connectivity index (χ1) is 14.8. The van der Waals surface area contributed by atoms with E-state index < -0.39 is 29.7 Å². The van der Waals surface area contributed by atoms with Gasteiger partial charge in [-0.05, 0) is 38.8 Å². The summed E-state index contributed by atoms with van der Waals surface area (Å²) in [6, 6.07) is 5.74. The number of nitrogens with two attached hydrogens (primary N) is 1. The third-order valence-corrected chi connectivity index (χ3v) is 6.34. The average Bonchev–Trinajstić information content (AvgIpc) is 3.50. The van der Waals surface area contributed by atoms with Gasteiger partial charge in [-0.1, -0.05) is 12.8 Å². The minimum Gasteiger partial charge on any atom is -0.463 e. The summed E-state index contributed by atoms with van der Waals surface area (Å²) in [5.41, 5.74) is 5.46. The number of nitriles is 1. The minimum atomic E-state index is -1.52. The molecule has 0 spiro atoms. The fourth-order valence-corrected chi connectivity index (χ4v) is 4.91. The normalized spacial score (nSPS) is 32.2. The lowest BCUT2D eigenvalue weighted by molar-refractivity contribution is -0.207. The van der Waals surface area contributed by atoms with Crippen LogP contribution in [0.5, 0.6) is 0 Å². The van der Waals surface area contributed by atoms with Gasteiger partial charge in [0.05, 0.1) is 11.6 Å². The van der Waals surface area contributed by atoms with E-state index in [4.69, 9.17) is 24.7 Å². The van der Waals surface area contributed by atoms with Gasteiger partial charge in [0.15, 0.2) is 11.6 Å². The lowest BCUT2D eigenvalue weighted by Gasteiger charge is -2.29. The molecule has 31 heavy (non-hydrogen) atoms. The van der Waals surface area contributed by atoms with Gasteiger partial charge in [-0.15, -0.1) is 0 Å². The van der Waals surface area contributed by atoms with Gasteiger partial charge >= 0.3 is 5.97 Å². The molecule has 164 valence electrons. The van der Waals surface area contributed by atoms with Gasteiger partial charge in [-0.25, -0.2) is 9.50 Å². The molecule has 3 fully saturated rings. The summed E-state index contributed by atoms with van der Waals surface area (Å²) < 4.78 is 25.6. The van der Waals surface area contributed by atoms with Gasteiger partial charge in [0.2, 0.25) is 5.60 Å². The van der Waals surface area contributed by atoms with Crippen LogP contribution in [0, 0.1) is 17.2 Å². The Morgan fingerprint density at radius 2 is 2.10 bits per heavy atom. The molecule has 4 atom stereocenters. The zero-order chi connectivity index (χ0) is 21.8. The number of nitrogen functional groups attached to an aromatic ring is 1. The lowest BCUT2D eigenvalue weighted by atomic mass is 9.92. The zero-order valence-corrected chi connectivity index (χ0v) is 17.5. The van der Waals surface area contributed by atoms with Crippen molar-refractivity contribution >= 4 is 17.3 Å². The molecule has 2 saturated heterocycles. The molecule has 0 radical (unpaired) electrons. The molecule has 10 heteroatoms. The first-order valence-electron chi connectivity index (χ1n) is 10.5. The number of aromatic nitrogens is 3. The molecule has 3 aliphatic rings. The van der Waals surface area contributed by atoms with Gasteiger partial charge in [0.1, 0.15) is 42.8 Å². The van der Waals surface area contributed by atoms with Crippen LogP contribution in [-0.4, -0.2) is 51.3 Å². The summed E-state index contributed by atoms with van der Waals surface area (Å²) >= 11 is 0. The van der Waals surface area contributed by atoms with Crippen molar-refractivity contribution in [2.24, 2.45) is 5.92 Å². The number of esters is 1. The van der Waals surface area contributed by atoms with E-state index in [0.29, 0.717) is 11.2 Å². The molecule has 2 aromatic heterocycles. The van der Waals surface area contributed by atoms with Crippen LogP contribution in [0.1, 0.15) is 45.2 Å². The molecule has 2 aliphatic heterocycles. The fourth-order valence-electron chi connectivity index (χ4n) is 4.91. The molecular weight excluding hydrogens is 402 g/mol. The number of rotatable bonds is 4. The van der Waals surface area contributed by atoms with E-state index in [1.165, 1.54) is 10.8 Å². The van der Waals surface area contributed by atoms with Gasteiger partial charge in [0, 0.05) is 0 Å². The number of anilines is 1. The summed E-state index contributed by atoms with van der Waals surface area (Å²) in [5.74, 6) is -0.922. The zero-order valence-electron chi connectivity index (χ0n) is 17.5. The van der Waals surface area contributed by atoms with Crippen molar-refractivity contribution in [3.05, 3.63) is 24.2 Å². The standard InChI is InChI=1S/C21H25N5O5/c1-20(2)30-16-14(9-28-19(27)12-5-3-4-6-12)29-21(10-22,17(16)31-20)15-8-7-13-18(23)24-11-25-26(13)15/h7-8,11-12,14,16-17H,3-6,9H2,1-2H3,(H2,23,24,25)/t14-,16-,17-,21+/m1/s1. The molecule has 2 aromatic rings. The van der Waals surface area contributed by atoms with Crippen LogP contribution >= 0.6 is 0 Å². The molecule has 4 heterocycles. The number of carbonyl (C=O) groups is 1. The quantitative estimate of drug-likeness (QED) is 0.723. The molecule has 2 N–H and O–H groups in total. The second-order valence-corrected chi connectivity index (χ2v) is 8.80. The maximum Gasteiger partial charge on any atom is 0.309 e. The van der Waals surface area contributed by atoms with E-state index in [1.807, 2.05) is 0 Å². The van der Waals surface area contributed by atoms with Crippen LogP contribution in [0.2, 0.25) is 0 Å². The predicted molar refractivity (Wildman–Crippen MR) is 106 cm³/mol. The molecule has 1 aliphatic carbocycles. The summed E-state index contributed by atoms with van der Waals surface area (Å²) in [4.78, 5) is 16.4. The van der Waals surface area contributed by atoms with Crippen LogP contribution in [0.15, 0.2) is 18.5 Å². The van der Waals surface area contributed by atoms with Crippen LogP contribution in [0.25, 0.3) is 5.52 Å². The Morgan fingerprint density at radius 3 is 2.84 bits per heavy atom. The second kappa shape index (κ2) is 7.15. The number of nitrogens with zero attached hydrogens (tertiary/aromatic N) is 4. The molecule has 5 rings (SSSR count). The molecule has 0 unspecified atom stereocenters. The highest BCUT2D eigenvalue weighted by molar-refractivity contribution is 5.72. The Morgan fingerprint density at radius 1 is 1.32 bits per heavy atom. The van der Waals surface area contributed by atoms with Crippen LogP contribution in [0.4, 0.5) is 5.82 Å². The average molecular weight is 427 g/mol. The van der Waals surface area contributed by atoms with Crippen molar-refractivity contribution in [1.82, 2.24) is 14.6 Å². The molecular formula is C21H25N5O5. The first kappa shape index (κ1) is 20.2. The Balaban J connectivity index is 1.48. The van der Waals surface area contributed by atoms with E-state index in [-0.39, 0.29) is 24.3 Å². The number of carbonyl (C=O) groups excluding carboxylic acids is 1. The first-order valence-corrected chi connectivity index (χ1v) is 10.5. The number of hydrogen-bond donors (Lipinski definition) is 1. The van der Waals surface area contributed by atoms with Crippen molar-refractivity contribution in [3.63, 3.8) is 0 Å². The highest BCUT2D eigenvalue weighted by Crippen LogP contribution is 2.49. The maximum absolute atomic E-state index is 12.4. The van der Waals surface area contributed by atoms with Crippen LogP contribution < -0.4 is 5.73 Å². The van der Waals surface area contributed by atoms with Crippen molar-refractivity contribution < 1.29 is 23.7 Å². The molecule has 10 nitrogen and oxygen atoms in total. The minimum absolute atomic E-state index is 0.0141. The third-order valence-electron chi connectivity index (χ3n) is 6.34. The Hall–Kier alpha value is -2.74. The molecule has 0 aromatic carbocycles. The van der Waals surface area contributed by atoms with Crippen molar-refractivity contribution in [2.75, 3.05) is 12.3 Å². The molecule has 0 bridgehead atoms. The topological polar surface area (TPSA) is 134 Å². The van der Waals surface area contributed by atoms with Crippen molar-refractivity contribution in [3.8, 4) is 6.07 Å². The SMILES string of the molecule is CC1(C)O[C@H]2[C@@H](O1)[C@](C#N)(c1ccc3c(N)ncnn13)O[C@@H]2COC(=O)C1CCCC1. The smallest absolute Gasteiger partial charge is 0.309 e. The van der Waals surface area contributed by atoms with E-state index >= 15 is 0 Å². The fraction of sp³-hybridized carbons (Fsp3) is 0.619. The van der Waals surface area contributed by atoms with E-state index in [9.17, 15) is 10.1 Å². The van der Waals surface area contributed by atoms with Crippen LogP contribution in [-0.2, 0) is 29.3 Å². The van der Waals surface area contributed by atoms with Crippen molar-refractivity contribution in [2.45, 2.75) is 69.2 Å². The molecule has 0 amide bonds. The van der Waals surface area contributed by atoms with E-state index in [1.54, 1.807) is 26.0 Å². The summed E-state index contributed by atoms with van der Waals surface area (Å²) in [6.45, 7) is 3.55. The highest BCUT2D eigenvalue weighted by Gasteiger charge is 2.65.